The highest BCUT2D eigenvalue weighted by Gasteiger charge is 2.28. The number of hydrogen-bond acceptors (Lipinski definition) is 5. The topological polar surface area (TPSA) is 72.4 Å². The summed E-state index contributed by atoms with van der Waals surface area (Å²) in [5, 5.41) is 4.85. The van der Waals surface area contributed by atoms with Crippen LogP contribution in [0.1, 0.15) is 21.6 Å². The van der Waals surface area contributed by atoms with Crippen LogP contribution in [0.15, 0.2) is 57.8 Å². The average Bonchev–Trinajstić information content (AvgIpc) is 3.33. The first-order valence-corrected chi connectivity index (χ1v) is 8.93. The number of nitrogens with zero attached hydrogens (tertiary/aromatic N) is 3. The monoisotopic (exact) mass is 379 g/mol. The van der Waals surface area contributed by atoms with Crippen molar-refractivity contribution in [2.24, 2.45) is 0 Å². The molecule has 0 unspecified atom stereocenters. The summed E-state index contributed by atoms with van der Waals surface area (Å²) in [5.74, 6) is 0.639. The molecule has 1 amide bonds. The van der Waals surface area contributed by atoms with Crippen LogP contribution >= 0.6 is 11.6 Å². The SMILES string of the molecule is O=C(c1ccc2ocnc2c1)N1CCc2noc(-c3ccc(Cl)cc3)c2C1. The Kier molecular flexibility index (Phi) is 3.72. The van der Waals surface area contributed by atoms with Gasteiger partial charge in [-0.25, -0.2) is 4.98 Å². The third kappa shape index (κ3) is 2.78. The van der Waals surface area contributed by atoms with Crippen LogP contribution < -0.4 is 0 Å². The number of carbonyl (C=O) groups is 1. The number of benzene rings is 2. The largest absolute Gasteiger partial charge is 0.443 e. The van der Waals surface area contributed by atoms with Gasteiger partial charge in [-0.3, -0.25) is 4.79 Å². The lowest BCUT2D eigenvalue weighted by Crippen LogP contribution is -2.35. The molecule has 0 radical (unpaired) electrons. The van der Waals surface area contributed by atoms with Gasteiger partial charge >= 0.3 is 0 Å². The highest BCUT2D eigenvalue weighted by Crippen LogP contribution is 2.31. The zero-order valence-corrected chi connectivity index (χ0v) is 14.9. The van der Waals surface area contributed by atoms with Crippen molar-refractivity contribution in [2.45, 2.75) is 13.0 Å². The van der Waals surface area contributed by atoms with Gasteiger partial charge < -0.3 is 13.8 Å². The van der Waals surface area contributed by atoms with Crippen LogP contribution in [0.3, 0.4) is 0 Å². The molecule has 0 atom stereocenters. The van der Waals surface area contributed by atoms with Crippen LogP contribution in [0.4, 0.5) is 0 Å². The van der Waals surface area contributed by atoms with E-state index in [0.717, 1.165) is 16.8 Å². The summed E-state index contributed by atoms with van der Waals surface area (Å²) in [6.45, 7) is 1.04. The smallest absolute Gasteiger partial charge is 0.254 e. The molecular weight excluding hydrogens is 366 g/mol. The second-order valence-corrected chi connectivity index (χ2v) is 6.89. The van der Waals surface area contributed by atoms with E-state index in [2.05, 4.69) is 10.1 Å². The minimum absolute atomic E-state index is 0.0474. The van der Waals surface area contributed by atoms with Crippen LogP contribution in [-0.4, -0.2) is 27.5 Å². The maximum atomic E-state index is 13.0. The van der Waals surface area contributed by atoms with E-state index >= 15 is 0 Å². The van der Waals surface area contributed by atoms with Gasteiger partial charge in [0.15, 0.2) is 17.7 Å². The lowest BCUT2D eigenvalue weighted by Gasteiger charge is -2.26. The van der Waals surface area contributed by atoms with Crippen LogP contribution in [0.2, 0.25) is 5.02 Å². The van der Waals surface area contributed by atoms with Gasteiger partial charge in [0.25, 0.3) is 5.91 Å². The van der Waals surface area contributed by atoms with Crippen molar-refractivity contribution in [1.29, 1.82) is 0 Å². The number of carbonyl (C=O) groups excluding carboxylic acids is 1. The molecule has 1 aliphatic heterocycles. The third-order valence-electron chi connectivity index (χ3n) is 4.81. The summed E-state index contributed by atoms with van der Waals surface area (Å²) in [6.07, 6.45) is 2.03. The van der Waals surface area contributed by atoms with E-state index in [1.54, 1.807) is 23.1 Å². The van der Waals surface area contributed by atoms with Gasteiger partial charge in [-0.05, 0) is 42.5 Å². The molecule has 27 heavy (non-hydrogen) atoms. The molecule has 7 heteroatoms. The van der Waals surface area contributed by atoms with Crippen molar-refractivity contribution in [1.82, 2.24) is 15.0 Å². The molecule has 0 saturated carbocycles. The molecule has 0 N–H and O–H groups in total. The van der Waals surface area contributed by atoms with E-state index in [1.165, 1.54) is 6.39 Å². The van der Waals surface area contributed by atoms with Gasteiger partial charge in [-0.2, -0.15) is 0 Å². The second kappa shape index (κ2) is 6.25. The minimum Gasteiger partial charge on any atom is -0.443 e. The molecule has 0 fully saturated rings. The van der Waals surface area contributed by atoms with Gasteiger partial charge in [0.2, 0.25) is 0 Å². The van der Waals surface area contributed by atoms with E-state index in [-0.39, 0.29) is 5.91 Å². The Labute approximate surface area is 159 Å². The fraction of sp³-hybridized carbons (Fsp3) is 0.150. The number of hydrogen-bond donors (Lipinski definition) is 0. The van der Waals surface area contributed by atoms with Crippen LogP contribution in [-0.2, 0) is 13.0 Å². The Morgan fingerprint density at radius 2 is 2.00 bits per heavy atom. The summed E-state index contributed by atoms with van der Waals surface area (Å²) >= 11 is 5.97. The molecule has 2 aromatic carbocycles. The molecule has 3 heterocycles. The second-order valence-electron chi connectivity index (χ2n) is 6.46. The first kappa shape index (κ1) is 16.1. The predicted molar refractivity (Wildman–Crippen MR) is 99.4 cm³/mol. The Balaban J connectivity index is 1.45. The molecule has 0 saturated heterocycles. The van der Waals surface area contributed by atoms with Crippen LogP contribution in [0.5, 0.6) is 0 Å². The Hall–Kier alpha value is -3.12. The molecule has 5 rings (SSSR count). The highest BCUT2D eigenvalue weighted by molar-refractivity contribution is 6.30. The molecule has 0 bridgehead atoms. The van der Waals surface area contributed by atoms with Crippen molar-refractivity contribution in [2.75, 3.05) is 6.54 Å². The molecule has 134 valence electrons. The zero-order valence-electron chi connectivity index (χ0n) is 14.2. The van der Waals surface area contributed by atoms with E-state index in [0.29, 0.717) is 47.0 Å². The van der Waals surface area contributed by atoms with Gasteiger partial charge in [-0.15, -0.1) is 0 Å². The van der Waals surface area contributed by atoms with E-state index < -0.39 is 0 Å². The number of oxazole rings is 1. The molecule has 6 nitrogen and oxygen atoms in total. The number of halogens is 1. The van der Waals surface area contributed by atoms with E-state index in [1.807, 2.05) is 24.3 Å². The quantitative estimate of drug-likeness (QED) is 0.518. The summed E-state index contributed by atoms with van der Waals surface area (Å²) in [5.41, 5.74) is 4.66. The molecular formula is C20H14ClN3O3. The van der Waals surface area contributed by atoms with Gasteiger partial charge in [0, 0.05) is 34.7 Å². The maximum Gasteiger partial charge on any atom is 0.254 e. The van der Waals surface area contributed by atoms with E-state index in [9.17, 15) is 4.79 Å². The standard InChI is InChI=1S/C20H14ClN3O3/c21-14-4-1-12(2-5-14)19-15-10-24(8-7-16(15)23-27-19)20(25)13-3-6-18-17(9-13)22-11-26-18/h1-6,9,11H,7-8,10H2. The normalized spacial score (nSPS) is 13.7. The van der Waals surface area contributed by atoms with Crippen molar-refractivity contribution >= 4 is 28.6 Å². The Morgan fingerprint density at radius 3 is 2.85 bits per heavy atom. The van der Waals surface area contributed by atoms with Gasteiger partial charge in [-0.1, -0.05) is 16.8 Å². The number of fused-ring (bicyclic) bond motifs is 2. The first-order valence-electron chi connectivity index (χ1n) is 8.55. The number of aromatic nitrogens is 2. The predicted octanol–water partition coefficient (Wildman–Crippen LogP) is 4.33. The highest BCUT2D eigenvalue weighted by atomic mass is 35.5. The third-order valence-corrected chi connectivity index (χ3v) is 5.06. The first-order chi connectivity index (χ1) is 13.2. The number of amides is 1. The van der Waals surface area contributed by atoms with Crippen LogP contribution in [0.25, 0.3) is 22.4 Å². The van der Waals surface area contributed by atoms with Crippen molar-refractivity contribution in [3.63, 3.8) is 0 Å². The minimum atomic E-state index is -0.0474. The molecule has 4 aromatic rings. The lowest BCUT2D eigenvalue weighted by molar-refractivity contribution is 0.0734. The van der Waals surface area contributed by atoms with Crippen molar-refractivity contribution in [3.05, 3.63) is 70.7 Å². The molecule has 1 aliphatic rings. The maximum absolute atomic E-state index is 13.0. The Bertz CT molecular complexity index is 1150. The average molecular weight is 380 g/mol. The fourth-order valence-corrected chi connectivity index (χ4v) is 3.51. The van der Waals surface area contributed by atoms with Crippen molar-refractivity contribution < 1.29 is 13.7 Å². The van der Waals surface area contributed by atoms with E-state index in [4.69, 9.17) is 20.5 Å². The Morgan fingerprint density at radius 1 is 1.15 bits per heavy atom. The summed E-state index contributed by atoms with van der Waals surface area (Å²) in [6, 6.07) is 12.7. The summed E-state index contributed by atoms with van der Waals surface area (Å²) in [7, 11) is 0. The summed E-state index contributed by atoms with van der Waals surface area (Å²) in [4.78, 5) is 18.9. The van der Waals surface area contributed by atoms with Gasteiger partial charge in [0.05, 0.1) is 12.2 Å². The zero-order chi connectivity index (χ0) is 18.4. The number of rotatable bonds is 2. The molecule has 2 aromatic heterocycles. The lowest BCUT2D eigenvalue weighted by atomic mass is 10.0. The van der Waals surface area contributed by atoms with Crippen molar-refractivity contribution in [3.8, 4) is 11.3 Å². The molecule has 0 spiro atoms. The fourth-order valence-electron chi connectivity index (χ4n) is 3.39. The molecule has 0 aliphatic carbocycles. The van der Waals surface area contributed by atoms with Gasteiger partial charge in [0.1, 0.15) is 5.52 Å². The van der Waals surface area contributed by atoms with Crippen LogP contribution in [0, 0.1) is 0 Å². The summed E-state index contributed by atoms with van der Waals surface area (Å²) < 4.78 is 10.8.